The SMILES string of the molecule is Cc1ccc(S(=O)(=O)N2CCC3(CC2)C(=O)N(CC(=O)N2CCC(C)CC2)CN3c2ccccc2)cc1. The number of benzene rings is 2. The zero-order chi connectivity index (χ0) is 26.2. The number of rotatable bonds is 5. The first-order chi connectivity index (χ1) is 17.7. The molecule has 3 aliphatic heterocycles. The largest absolute Gasteiger partial charge is 0.341 e. The van der Waals surface area contributed by atoms with Crippen LogP contribution >= 0.6 is 0 Å². The van der Waals surface area contributed by atoms with Crippen LogP contribution in [0.25, 0.3) is 0 Å². The molecule has 0 aliphatic carbocycles. The highest BCUT2D eigenvalue weighted by Crippen LogP contribution is 2.40. The third-order valence-corrected chi connectivity index (χ3v) is 10.2. The molecule has 5 rings (SSSR count). The second kappa shape index (κ2) is 10.1. The number of likely N-dealkylation sites (tertiary alicyclic amines) is 1. The molecular formula is C28H36N4O4S. The van der Waals surface area contributed by atoms with Crippen molar-refractivity contribution in [2.24, 2.45) is 5.92 Å². The van der Waals surface area contributed by atoms with Crippen LogP contribution in [0.5, 0.6) is 0 Å². The number of piperidine rings is 2. The molecular weight excluding hydrogens is 488 g/mol. The Kier molecular flexibility index (Phi) is 7.02. The number of hydrogen-bond donors (Lipinski definition) is 0. The number of carbonyl (C=O) groups excluding carboxylic acids is 2. The predicted molar refractivity (Wildman–Crippen MR) is 142 cm³/mol. The summed E-state index contributed by atoms with van der Waals surface area (Å²) in [5, 5.41) is 0. The Morgan fingerprint density at radius 3 is 2.19 bits per heavy atom. The molecule has 9 heteroatoms. The maximum atomic E-state index is 13.9. The maximum absolute atomic E-state index is 13.9. The molecule has 3 heterocycles. The van der Waals surface area contributed by atoms with E-state index < -0.39 is 15.6 Å². The van der Waals surface area contributed by atoms with Gasteiger partial charge < -0.3 is 14.7 Å². The van der Waals surface area contributed by atoms with Crippen molar-refractivity contribution >= 4 is 27.5 Å². The second-order valence-corrected chi connectivity index (χ2v) is 12.7. The number of para-hydroxylation sites is 1. The Morgan fingerprint density at radius 2 is 1.57 bits per heavy atom. The molecule has 1 spiro atoms. The van der Waals surface area contributed by atoms with Crippen LogP contribution in [0, 0.1) is 12.8 Å². The van der Waals surface area contributed by atoms with Gasteiger partial charge in [-0.25, -0.2) is 8.42 Å². The summed E-state index contributed by atoms with van der Waals surface area (Å²) in [6.07, 6.45) is 2.73. The lowest BCUT2D eigenvalue weighted by molar-refractivity contribution is -0.141. The van der Waals surface area contributed by atoms with Crippen LogP contribution in [0.3, 0.4) is 0 Å². The number of carbonyl (C=O) groups is 2. The number of sulfonamides is 1. The fourth-order valence-electron chi connectivity index (χ4n) is 5.80. The van der Waals surface area contributed by atoms with Crippen LogP contribution in [0.2, 0.25) is 0 Å². The van der Waals surface area contributed by atoms with E-state index >= 15 is 0 Å². The fraction of sp³-hybridized carbons (Fsp3) is 0.500. The number of anilines is 1. The van der Waals surface area contributed by atoms with Crippen LogP contribution in [0.1, 0.15) is 38.2 Å². The average Bonchev–Trinajstić information content (AvgIpc) is 3.16. The first kappa shape index (κ1) is 25.7. The third kappa shape index (κ3) is 4.86. The van der Waals surface area contributed by atoms with Crippen molar-refractivity contribution in [3.8, 4) is 0 Å². The zero-order valence-electron chi connectivity index (χ0n) is 21.7. The molecule has 3 fully saturated rings. The molecule has 0 unspecified atom stereocenters. The van der Waals surface area contributed by atoms with E-state index in [0.717, 1.165) is 37.2 Å². The summed E-state index contributed by atoms with van der Waals surface area (Å²) in [6.45, 7) is 6.48. The summed E-state index contributed by atoms with van der Waals surface area (Å²) >= 11 is 0. The minimum absolute atomic E-state index is 0.00954. The van der Waals surface area contributed by atoms with Crippen molar-refractivity contribution in [3.05, 3.63) is 60.2 Å². The molecule has 3 aliphatic rings. The molecule has 2 aromatic carbocycles. The zero-order valence-corrected chi connectivity index (χ0v) is 22.5. The molecule has 0 bridgehead atoms. The highest BCUT2D eigenvalue weighted by molar-refractivity contribution is 7.89. The topological polar surface area (TPSA) is 81.2 Å². The lowest BCUT2D eigenvalue weighted by atomic mass is 9.86. The van der Waals surface area contributed by atoms with Gasteiger partial charge in [0.15, 0.2) is 0 Å². The van der Waals surface area contributed by atoms with Gasteiger partial charge in [-0.2, -0.15) is 4.31 Å². The van der Waals surface area contributed by atoms with E-state index in [1.807, 2.05) is 42.2 Å². The number of aryl methyl sites for hydroxylation is 1. The van der Waals surface area contributed by atoms with E-state index in [2.05, 4.69) is 11.8 Å². The van der Waals surface area contributed by atoms with Crippen LogP contribution in [-0.2, 0) is 19.6 Å². The Bertz CT molecular complexity index is 1230. The van der Waals surface area contributed by atoms with Gasteiger partial charge in [0.2, 0.25) is 21.8 Å². The number of amides is 2. The molecule has 8 nitrogen and oxygen atoms in total. The minimum atomic E-state index is -3.65. The van der Waals surface area contributed by atoms with Gasteiger partial charge in [-0.1, -0.05) is 42.8 Å². The summed E-state index contributed by atoms with van der Waals surface area (Å²) in [6, 6.07) is 16.6. The van der Waals surface area contributed by atoms with Crippen molar-refractivity contribution in [2.75, 3.05) is 44.3 Å². The summed E-state index contributed by atoms with van der Waals surface area (Å²) in [7, 11) is -3.65. The Balaban J connectivity index is 1.36. The molecule has 2 aromatic rings. The monoisotopic (exact) mass is 524 g/mol. The Hall–Kier alpha value is -2.91. The van der Waals surface area contributed by atoms with Crippen molar-refractivity contribution < 1.29 is 18.0 Å². The lowest BCUT2D eigenvalue weighted by Crippen LogP contribution is -2.57. The minimum Gasteiger partial charge on any atom is -0.341 e. The van der Waals surface area contributed by atoms with Gasteiger partial charge in [-0.05, 0) is 62.8 Å². The van der Waals surface area contributed by atoms with Crippen LogP contribution in [-0.4, -0.2) is 79.3 Å². The van der Waals surface area contributed by atoms with Crippen molar-refractivity contribution in [1.29, 1.82) is 0 Å². The third-order valence-electron chi connectivity index (χ3n) is 8.25. The highest BCUT2D eigenvalue weighted by Gasteiger charge is 2.55. The van der Waals surface area contributed by atoms with E-state index in [-0.39, 0.29) is 36.3 Å². The molecule has 3 saturated heterocycles. The van der Waals surface area contributed by atoms with Crippen molar-refractivity contribution in [2.45, 2.75) is 50.0 Å². The summed E-state index contributed by atoms with van der Waals surface area (Å²) in [4.78, 5) is 33.0. The van der Waals surface area contributed by atoms with Crippen molar-refractivity contribution in [3.63, 3.8) is 0 Å². The standard InChI is InChI=1S/C28H36N4O4S/c1-22-8-10-25(11-9-22)37(35,36)31-18-14-28(15-19-31)27(34)30(21-32(28)24-6-4-3-5-7-24)20-26(33)29-16-12-23(2)13-17-29/h3-11,23H,12-21H2,1-2H3. The molecule has 0 saturated carbocycles. The molecule has 198 valence electrons. The van der Waals surface area contributed by atoms with E-state index in [1.54, 1.807) is 29.2 Å². The van der Waals surface area contributed by atoms with Crippen LogP contribution < -0.4 is 4.90 Å². The normalized spacial score (nSPS) is 21.1. The maximum Gasteiger partial charge on any atom is 0.250 e. The number of hydrogen-bond acceptors (Lipinski definition) is 5. The van der Waals surface area contributed by atoms with Gasteiger partial charge in [-0.15, -0.1) is 0 Å². The first-order valence-corrected chi connectivity index (χ1v) is 14.6. The molecule has 0 N–H and O–H groups in total. The van der Waals surface area contributed by atoms with E-state index in [0.29, 0.717) is 25.4 Å². The average molecular weight is 525 g/mol. The highest BCUT2D eigenvalue weighted by atomic mass is 32.2. The van der Waals surface area contributed by atoms with E-state index in [9.17, 15) is 18.0 Å². The van der Waals surface area contributed by atoms with Crippen LogP contribution in [0.4, 0.5) is 5.69 Å². The van der Waals surface area contributed by atoms with Crippen molar-refractivity contribution in [1.82, 2.24) is 14.1 Å². The quantitative estimate of drug-likeness (QED) is 0.601. The summed E-state index contributed by atoms with van der Waals surface area (Å²) in [5.74, 6) is 0.530. The van der Waals surface area contributed by atoms with Gasteiger partial charge in [0, 0.05) is 31.9 Å². The Morgan fingerprint density at radius 1 is 0.946 bits per heavy atom. The predicted octanol–water partition coefficient (Wildman–Crippen LogP) is 3.08. The summed E-state index contributed by atoms with van der Waals surface area (Å²) in [5.41, 5.74) is 1.05. The Labute approximate surface area is 219 Å². The fourth-order valence-corrected chi connectivity index (χ4v) is 7.24. The first-order valence-electron chi connectivity index (χ1n) is 13.2. The molecule has 0 radical (unpaired) electrons. The van der Waals surface area contributed by atoms with Gasteiger partial charge in [0.05, 0.1) is 11.6 Å². The molecule has 0 aromatic heterocycles. The molecule has 37 heavy (non-hydrogen) atoms. The molecule has 0 atom stereocenters. The van der Waals surface area contributed by atoms with Gasteiger partial charge >= 0.3 is 0 Å². The van der Waals surface area contributed by atoms with Crippen LogP contribution in [0.15, 0.2) is 59.5 Å². The van der Waals surface area contributed by atoms with Gasteiger partial charge in [0.1, 0.15) is 12.1 Å². The van der Waals surface area contributed by atoms with E-state index in [4.69, 9.17) is 0 Å². The lowest BCUT2D eigenvalue weighted by Gasteiger charge is -2.42. The summed E-state index contributed by atoms with van der Waals surface area (Å²) < 4.78 is 28.1. The van der Waals surface area contributed by atoms with Gasteiger partial charge in [0.25, 0.3) is 0 Å². The van der Waals surface area contributed by atoms with E-state index in [1.165, 1.54) is 4.31 Å². The van der Waals surface area contributed by atoms with Gasteiger partial charge in [-0.3, -0.25) is 9.59 Å². The number of nitrogens with zero attached hydrogens (tertiary/aromatic N) is 4. The smallest absolute Gasteiger partial charge is 0.250 e. The second-order valence-electron chi connectivity index (χ2n) is 10.7. The molecule has 2 amide bonds.